The Morgan fingerprint density at radius 1 is 1.33 bits per heavy atom. The Morgan fingerprint density at radius 2 is 2.08 bits per heavy atom. The highest BCUT2D eigenvalue weighted by atomic mass is 16.1. The minimum absolute atomic E-state index is 0.0807. The van der Waals surface area contributed by atoms with Crippen molar-refractivity contribution in [2.45, 2.75) is 71.1 Å². The molecule has 3 rings (SSSR count). The second-order valence-electron chi connectivity index (χ2n) is 8.89. The highest BCUT2D eigenvalue weighted by molar-refractivity contribution is 5.34. The lowest BCUT2D eigenvalue weighted by Gasteiger charge is -2.40. The van der Waals surface area contributed by atoms with Crippen molar-refractivity contribution in [1.82, 2.24) is 14.9 Å². The van der Waals surface area contributed by atoms with Gasteiger partial charge in [0.1, 0.15) is 5.82 Å². The van der Waals surface area contributed by atoms with Gasteiger partial charge < -0.3 is 4.98 Å². The van der Waals surface area contributed by atoms with E-state index in [1.54, 1.807) is 0 Å². The molecule has 0 saturated carbocycles. The maximum Gasteiger partial charge on any atom is 0.254 e. The largest absolute Gasteiger partial charge is 0.310 e. The summed E-state index contributed by atoms with van der Waals surface area (Å²) in [6.07, 6.45) is 6.59. The van der Waals surface area contributed by atoms with Gasteiger partial charge in [-0.1, -0.05) is 32.4 Å². The molecule has 0 bridgehead atoms. The summed E-state index contributed by atoms with van der Waals surface area (Å²) in [7, 11) is 0. The van der Waals surface area contributed by atoms with Crippen molar-refractivity contribution in [3.63, 3.8) is 0 Å². The summed E-state index contributed by atoms with van der Waals surface area (Å²) < 4.78 is 0. The fourth-order valence-corrected chi connectivity index (χ4v) is 4.10. The maximum absolute atomic E-state index is 12.6. The molecule has 1 fully saturated rings. The second kappa shape index (κ2) is 6.14. The van der Waals surface area contributed by atoms with E-state index < -0.39 is 0 Å². The number of nitrogens with one attached hydrogen (secondary N) is 1. The number of hydrogen-bond acceptors (Lipinski definition) is 3. The Labute approximate surface area is 145 Å². The normalized spacial score (nSPS) is 24.2. The maximum atomic E-state index is 12.6. The van der Waals surface area contributed by atoms with Gasteiger partial charge in [0.2, 0.25) is 0 Å². The molecule has 4 heteroatoms. The lowest BCUT2D eigenvalue weighted by Crippen LogP contribution is -2.46. The molecule has 2 aliphatic rings. The van der Waals surface area contributed by atoms with Gasteiger partial charge in [-0.3, -0.25) is 9.69 Å². The quantitative estimate of drug-likeness (QED) is 0.847. The smallest absolute Gasteiger partial charge is 0.254 e. The number of likely N-dealkylation sites (tertiary alicyclic amines) is 1. The van der Waals surface area contributed by atoms with E-state index in [0.717, 1.165) is 56.0 Å². The van der Waals surface area contributed by atoms with Crippen molar-refractivity contribution in [2.24, 2.45) is 0 Å². The summed E-state index contributed by atoms with van der Waals surface area (Å²) in [4.78, 5) is 23.1. The summed E-state index contributed by atoms with van der Waals surface area (Å²) in [5, 5.41) is 0. The van der Waals surface area contributed by atoms with Gasteiger partial charge in [-0.2, -0.15) is 0 Å². The van der Waals surface area contributed by atoms with Gasteiger partial charge in [-0.05, 0) is 46.1 Å². The minimum atomic E-state index is -0.131. The molecule has 1 aromatic heterocycles. The van der Waals surface area contributed by atoms with Gasteiger partial charge >= 0.3 is 0 Å². The summed E-state index contributed by atoms with van der Waals surface area (Å²) in [5.74, 6) is 0.828. The number of aromatic amines is 1. The van der Waals surface area contributed by atoms with E-state index in [1.807, 2.05) is 0 Å². The van der Waals surface area contributed by atoms with Crippen LogP contribution >= 0.6 is 0 Å². The van der Waals surface area contributed by atoms with Gasteiger partial charge in [0.25, 0.3) is 5.56 Å². The van der Waals surface area contributed by atoms with Crippen LogP contribution in [-0.4, -0.2) is 34.5 Å². The van der Waals surface area contributed by atoms with Crippen molar-refractivity contribution in [2.75, 3.05) is 19.6 Å². The molecule has 24 heavy (non-hydrogen) atoms. The molecule has 0 radical (unpaired) electrons. The number of rotatable bonds is 2. The van der Waals surface area contributed by atoms with Crippen molar-refractivity contribution < 1.29 is 0 Å². The highest BCUT2D eigenvalue weighted by Gasteiger charge is 2.44. The van der Waals surface area contributed by atoms with E-state index in [4.69, 9.17) is 4.98 Å². The van der Waals surface area contributed by atoms with Crippen LogP contribution in [0.4, 0.5) is 0 Å². The molecule has 1 saturated heterocycles. The minimum Gasteiger partial charge on any atom is -0.310 e. The summed E-state index contributed by atoms with van der Waals surface area (Å²) in [6, 6.07) is 0. The van der Waals surface area contributed by atoms with Crippen LogP contribution in [0, 0.1) is 0 Å². The third-order valence-corrected chi connectivity index (χ3v) is 5.50. The standard InChI is InChI=1S/C20H31N3O/c1-14(2)8-12-23-11-6-9-20(13-23)10-7-15-16(20)21-18(19(3,4)5)22-17(15)24/h8H,6-7,9-13H2,1-5H3,(H,21,22,24). The molecule has 2 heterocycles. The summed E-state index contributed by atoms with van der Waals surface area (Å²) in [5.41, 5.74) is 3.44. The third-order valence-electron chi connectivity index (χ3n) is 5.50. The number of allylic oxidation sites excluding steroid dienone is 1. The van der Waals surface area contributed by atoms with Gasteiger partial charge in [-0.15, -0.1) is 0 Å². The van der Waals surface area contributed by atoms with E-state index in [1.165, 1.54) is 12.0 Å². The number of hydrogen-bond donors (Lipinski definition) is 1. The van der Waals surface area contributed by atoms with Crippen LogP contribution in [0.5, 0.6) is 0 Å². The molecule has 1 spiro atoms. The Bertz CT molecular complexity index is 707. The van der Waals surface area contributed by atoms with Crippen LogP contribution in [0.3, 0.4) is 0 Å². The predicted molar refractivity (Wildman–Crippen MR) is 98.7 cm³/mol. The first-order chi connectivity index (χ1) is 11.2. The zero-order chi connectivity index (χ0) is 17.5. The molecule has 0 aromatic carbocycles. The van der Waals surface area contributed by atoms with Gasteiger partial charge in [0.05, 0.1) is 5.69 Å². The van der Waals surface area contributed by atoms with Crippen molar-refractivity contribution in [3.05, 3.63) is 39.1 Å². The topological polar surface area (TPSA) is 49.0 Å². The Balaban J connectivity index is 1.96. The van der Waals surface area contributed by atoms with Gasteiger partial charge in [0.15, 0.2) is 0 Å². The predicted octanol–water partition coefficient (Wildman–Crippen LogP) is 3.31. The van der Waals surface area contributed by atoms with Crippen LogP contribution in [0.1, 0.15) is 71.0 Å². The van der Waals surface area contributed by atoms with E-state index in [0.29, 0.717) is 0 Å². The molecular weight excluding hydrogens is 298 g/mol. The number of aromatic nitrogens is 2. The van der Waals surface area contributed by atoms with Crippen LogP contribution in [-0.2, 0) is 17.3 Å². The van der Waals surface area contributed by atoms with Crippen molar-refractivity contribution >= 4 is 0 Å². The first kappa shape index (κ1) is 17.4. The lowest BCUT2D eigenvalue weighted by atomic mass is 9.77. The Morgan fingerprint density at radius 3 is 2.75 bits per heavy atom. The van der Waals surface area contributed by atoms with Gasteiger partial charge in [-0.25, -0.2) is 4.98 Å². The summed E-state index contributed by atoms with van der Waals surface area (Å²) >= 11 is 0. The van der Waals surface area contributed by atoms with Gasteiger partial charge in [0, 0.05) is 29.5 Å². The van der Waals surface area contributed by atoms with E-state index >= 15 is 0 Å². The number of fused-ring (bicyclic) bond motifs is 2. The molecule has 1 atom stereocenters. The SMILES string of the molecule is CC(C)=CCN1CCCC2(CCc3c2nc(C(C)(C)C)[nH]c3=O)C1. The molecule has 1 unspecified atom stereocenters. The zero-order valence-corrected chi connectivity index (χ0v) is 15.8. The highest BCUT2D eigenvalue weighted by Crippen LogP contribution is 2.43. The average molecular weight is 329 g/mol. The lowest BCUT2D eigenvalue weighted by molar-refractivity contribution is 0.156. The van der Waals surface area contributed by atoms with Crippen LogP contribution in [0.15, 0.2) is 16.4 Å². The number of piperidine rings is 1. The molecule has 1 aliphatic heterocycles. The van der Waals surface area contributed by atoms with E-state index in [-0.39, 0.29) is 16.4 Å². The fourth-order valence-electron chi connectivity index (χ4n) is 4.10. The Kier molecular flexibility index (Phi) is 4.45. The average Bonchev–Trinajstić information content (AvgIpc) is 2.83. The van der Waals surface area contributed by atoms with Crippen molar-refractivity contribution in [3.8, 4) is 0 Å². The van der Waals surface area contributed by atoms with E-state index in [9.17, 15) is 4.79 Å². The van der Waals surface area contributed by atoms with Crippen molar-refractivity contribution in [1.29, 1.82) is 0 Å². The molecule has 0 amide bonds. The van der Waals surface area contributed by atoms with E-state index in [2.05, 4.69) is 50.6 Å². The fraction of sp³-hybridized carbons (Fsp3) is 0.700. The molecule has 132 valence electrons. The molecule has 1 aliphatic carbocycles. The summed E-state index contributed by atoms with van der Waals surface area (Å²) in [6.45, 7) is 13.8. The zero-order valence-electron chi connectivity index (χ0n) is 15.8. The second-order valence-corrected chi connectivity index (χ2v) is 8.89. The molecule has 1 N–H and O–H groups in total. The molecule has 4 nitrogen and oxygen atoms in total. The first-order valence-corrected chi connectivity index (χ1v) is 9.21. The Hall–Kier alpha value is -1.42. The first-order valence-electron chi connectivity index (χ1n) is 9.21. The van der Waals surface area contributed by atoms with Crippen LogP contribution in [0.25, 0.3) is 0 Å². The number of nitrogens with zero attached hydrogens (tertiary/aromatic N) is 2. The van der Waals surface area contributed by atoms with Crippen LogP contribution in [0.2, 0.25) is 0 Å². The molecular formula is C20H31N3O. The van der Waals surface area contributed by atoms with Crippen LogP contribution < -0.4 is 5.56 Å². The monoisotopic (exact) mass is 329 g/mol. The third kappa shape index (κ3) is 3.21. The molecule has 1 aromatic rings. The number of H-pyrrole nitrogens is 1.